The molecule has 4 nitrogen and oxygen atoms in total. The van der Waals surface area contributed by atoms with E-state index in [1.807, 2.05) is 30.3 Å². The van der Waals surface area contributed by atoms with E-state index in [4.69, 9.17) is 9.47 Å². The molecular formula is C17H24ClNO3. The van der Waals surface area contributed by atoms with E-state index in [2.05, 4.69) is 5.32 Å². The van der Waals surface area contributed by atoms with E-state index < -0.39 is 6.16 Å². The molecule has 1 heterocycles. The summed E-state index contributed by atoms with van der Waals surface area (Å²) in [5, 5.41) is 3.32. The third-order valence-corrected chi connectivity index (χ3v) is 4.68. The van der Waals surface area contributed by atoms with E-state index in [1.165, 1.54) is 32.1 Å². The summed E-state index contributed by atoms with van der Waals surface area (Å²) in [5.74, 6) is 0. The van der Waals surface area contributed by atoms with Crippen molar-refractivity contribution in [1.29, 1.82) is 0 Å². The predicted molar refractivity (Wildman–Crippen MR) is 86.9 cm³/mol. The number of benzene rings is 1. The molecule has 2 fully saturated rings. The standard InChI is InChI=1S/C17H23NO3.ClH/c19-16(20-12-14-7-3-1-4-8-14)21-15-11-17(13-18-15)9-5-2-6-10-17;/h1,3-4,7-8,15,18H,2,5-6,9-13H2;1H. The van der Waals surface area contributed by atoms with Gasteiger partial charge in [-0.2, -0.15) is 0 Å². The van der Waals surface area contributed by atoms with Crippen LogP contribution in [-0.2, 0) is 16.1 Å². The summed E-state index contributed by atoms with van der Waals surface area (Å²) in [7, 11) is 0. The van der Waals surface area contributed by atoms with E-state index >= 15 is 0 Å². The Morgan fingerprint density at radius 3 is 2.64 bits per heavy atom. The molecule has 22 heavy (non-hydrogen) atoms. The van der Waals surface area contributed by atoms with E-state index in [0.717, 1.165) is 18.5 Å². The van der Waals surface area contributed by atoms with Crippen LogP contribution in [0.5, 0.6) is 0 Å². The summed E-state index contributed by atoms with van der Waals surface area (Å²) >= 11 is 0. The number of rotatable bonds is 3. The van der Waals surface area contributed by atoms with Crippen LogP contribution in [0.4, 0.5) is 4.79 Å². The minimum atomic E-state index is -0.579. The number of ether oxygens (including phenoxy) is 2. The van der Waals surface area contributed by atoms with Gasteiger partial charge in [-0.15, -0.1) is 12.4 Å². The van der Waals surface area contributed by atoms with E-state index in [9.17, 15) is 4.79 Å². The largest absolute Gasteiger partial charge is 0.510 e. The van der Waals surface area contributed by atoms with Crippen molar-refractivity contribution in [3.63, 3.8) is 0 Å². The molecule has 1 unspecified atom stereocenters. The Morgan fingerprint density at radius 2 is 1.91 bits per heavy atom. The second-order valence-electron chi connectivity index (χ2n) is 6.28. The van der Waals surface area contributed by atoms with Crippen LogP contribution in [0.3, 0.4) is 0 Å². The topological polar surface area (TPSA) is 47.6 Å². The fourth-order valence-corrected chi connectivity index (χ4v) is 3.50. The monoisotopic (exact) mass is 325 g/mol. The fourth-order valence-electron chi connectivity index (χ4n) is 3.50. The first-order chi connectivity index (χ1) is 10.3. The molecule has 1 N–H and O–H groups in total. The van der Waals surface area contributed by atoms with Gasteiger partial charge in [0.1, 0.15) is 6.61 Å². The van der Waals surface area contributed by atoms with Crippen molar-refractivity contribution >= 4 is 18.6 Å². The van der Waals surface area contributed by atoms with E-state index in [1.54, 1.807) is 0 Å². The van der Waals surface area contributed by atoms with Gasteiger partial charge in [0.2, 0.25) is 0 Å². The van der Waals surface area contributed by atoms with E-state index in [-0.39, 0.29) is 25.2 Å². The molecule has 0 bridgehead atoms. The van der Waals surface area contributed by atoms with Gasteiger partial charge in [-0.1, -0.05) is 49.6 Å². The van der Waals surface area contributed by atoms with Crippen molar-refractivity contribution in [2.75, 3.05) is 6.54 Å². The first kappa shape index (κ1) is 17.1. The molecule has 1 aromatic carbocycles. The Balaban J connectivity index is 0.00000176. The highest BCUT2D eigenvalue weighted by Gasteiger charge is 2.41. The van der Waals surface area contributed by atoms with Crippen molar-refractivity contribution in [3.05, 3.63) is 35.9 Å². The third-order valence-electron chi connectivity index (χ3n) is 4.68. The van der Waals surface area contributed by atoms with Gasteiger partial charge in [0.05, 0.1) is 0 Å². The van der Waals surface area contributed by atoms with E-state index in [0.29, 0.717) is 5.41 Å². The van der Waals surface area contributed by atoms with Crippen LogP contribution in [0, 0.1) is 5.41 Å². The Bertz CT molecular complexity index is 474. The molecule has 122 valence electrons. The smallest absolute Gasteiger partial charge is 0.429 e. The maximum atomic E-state index is 11.8. The summed E-state index contributed by atoms with van der Waals surface area (Å²) < 4.78 is 10.6. The van der Waals surface area contributed by atoms with Gasteiger partial charge in [-0.3, -0.25) is 5.32 Å². The van der Waals surface area contributed by atoms with Gasteiger partial charge in [-0.25, -0.2) is 4.79 Å². The summed E-state index contributed by atoms with van der Waals surface area (Å²) in [6.45, 7) is 1.22. The third kappa shape index (κ3) is 4.37. The lowest BCUT2D eigenvalue weighted by Crippen LogP contribution is -2.28. The fraction of sp³-hybridized carbons (Fsp3) is 0.588. The lowest BCUT2D eigenvalue weighted by molar-refractivity contribution is 0.00952. The maximum absolute atomic E-state index is 11.8. The Morgan fingerprint density at radius 1 is 1.18 bits per heavy atom. The van der Waals surface area contributed by atoms with Crippen LogP contribution in [0.15, 0.2) is 30.3 Å². The number of hydrogen-bond acceptors (Lipinski definition) is 4. The van der Waals surface area contributed by atoms with Crippen LogP contribution in [0.25, 0.3) is 0 Å². The molecule has 2 aliphatic rings. The molecule has 0 aromatic heterocycles. The summed E-state index contributed by atoms with van der Waals surface area (Å²) in [6.07, 6.45) is 6.59. The number of halogens is 1. The van der Waals surface area contributed by atoms with Crippen molar-refractivity contribution in [3.8, 4) is 0 Å². The summed E-state index contributed by atoms with van der Waals surface area (Å²) in [4.78, 5) is 11.8. The van der Waals surface area contributed by atoms with Crippen molar-refractivity contribution in [1.82, 2.24) is 5.32 Å². The first-order valence-corrected chi connectivity index (χ1v) is 7.87. The zero-order valence-corrected chi connectivity index (χ0v) is 13.6. The number of nitrogens with one attached hydrogen (secondary N) is 1. The van der Waals surface area contributed by atoms with Crippen LogP contribution in [0.2, 0.25) is 0 Å². The van der Waals surface area contributed by atoms with Gasteiger partial charge >= 0.3 is 6.16 Å². The van der Waals surface area contributed by atoms with Crippen molar-refractivity contribution < 1.29 is 14.3 Å². The Kier molecular flexibility index (Phi) is 6.09. The quantitative estimate of drug-likeness (QED) is 0.852. The molecule has 1 aliphatic carbocycles. The van der Waals surface area contributed by atoms with Gasteiger partial charge in [0, 0.05) is 13.0 Å². The minimum absolute atomic E-state index is 0. The molecule has 1 atom stereocenters. The van der Waals surface area contributed by atoms with Gasteiger partial charge in [0.25, 0.3) is 0 Å². The van der Waals surface area contributed by atoms with Crippen molar-refractivity contribution in [2.45, 2.75) is 51.4 Å². The normalized spacial score (nSPS) is 22.8. The lowest BCUT2D eigenvalue weighted by Gasteiger charge is -2.32. The molecule has 1 saturated carbocycles. The second-order valence-corrected chi connectivity index (χ2v) is 6.28. The summed E-state index contributed by atoms with van der Waals surface area (Å²) in [5.41, 5.74) is 1.32. The van der Waals surface area contributed by atoms with Crippen LogP contribution in [-0.4, -0.2) is 18.9 Å². The molecule has 1 saturated heterocycles. The molecule has 1 spiro atoms. The summed E-state index contributed by atoms with van der Waals surface area (Å²) in [6, 6.07) is 9.65. The average molecular weight is 326 g/mol. The molecule has 1 aromatic rings. The Labute approximate surface area is 138 Å². The zero-order valence-electron chi connectivity index (χ0n) is 12.8. The van der Waals surface area contributed by atoms with Crippen LogP contribution in [0.1, 0.15) is 44.1 Å². The van der Waals surface area contributed by atoms with Crippen LogP contribution >= 0.6 is 12.4 Å². The molecule has 0 amide bonds. The van der Waals surface area contributed by atoms with Gasteiger partial charge in [-0.05, 0) is 23.8 Å². The zero-order chi connectivity index (χ0) is 14.5. The van der Waals surface area contributed by atoms with Gasteiger partial charge in [0.15, 0.2) is 6.23 Å². The number of hydrogen-bond donors (Lipinski definition) is 1. The SMILES string of the molecule is Cl.O=C(OCc1ccccc1)OC1CC2(CCCCC2)CN1. The highest BCUT2D eigenvalue weighted by atomic mass is 35.5. The highest BCUT2D eigenvalue weighted by Crippen LogP contribution is 2.42. The minimum Gasteiger partial charge on any atom is -0.429 e. The molecule has 3 rings (SSSR count). The highest BCUT2D eigenvalue weighted by molar-refractivity contribution is 5.85. The van der Waals surface area contributed by atoms with Gasteiger partial charge < -0.3 is 9.47 Å². The number of carbonyl (C=O) groups excluding carboxylic acids is 1. The molecular weight excluding hydrogens is 302 g/mol. The lowest BCUT2D eigenvalue weighted by atomic mass is 9.73. The number of carbonyl (C=O) groups is 1. The average Bonchev–Trinajstić information content (AvgIpc) is 2.89. The van der Waals surface area contributed by atoms with Crippen molar-refractivity contribution in [2.24, 2.45) is 5.41 Å². The molecule has 5 heteroatoms. The van der Waals surface area contributed by atoms with Crippen LogP contribution < -0.4 is 5.32 Å². The predicted octanol–water partition coefficient (Wildman–Crippen LogP) is 4.03. The Hall–Kier alpha value is -1.26. The first-order valence-electron chi connectivity index (χ1n) is 7.87. The maximum Gasteiger partial charge on any atom is 0.510 e. The second kappa shape index (κ2) is 7.84. The molecule has 1 aliphatic heterocycles. The molecule has 0 radical (unpaired) electrons.